The van der Waals surface area contributed by atoms with E-state index in [2.05, 4.69) is 15.5 Å². The summed E-state index contributed by atoms with van der Waals surface area (Å²) in [6, 6.07) is 9.72. The zero-order valence-electron chi connectivity index (χ0n) is 28.7. The van der Waals surface area contributed by atoms with Gasteiger partial charge in [0.05, 0.1) is 17.3 Å². The van der Waals surface area contributed by atoms with Crippen LogP contribution in [0.3, 0.4) is 0 Å². The molecule has 1 saturated heterocycles. The summed E-state index contributed by atoms with van der Waals surface area (Å²) in [6.45, 7) is 4.18. The van der Waals surface area contributed by atoms with E-state index in [-0.39, 0.29) is 29.0 Å². The predicted octanol–water partition coefficient (Wildman–Crippen LogP) is 5.75. The smallest absolute Gasteiger partial charge is 0.330 e. The second-order valence-corrected chi connectivity index (χ2v) is 14.2. The van der Waals surface area contributed by atoms with Gasteiger partial charge in [0, 0.05) is 56.4 Å². The van der Waals surface area contributed by atoms with Crippen LogP contribution in [0.1, 0.15) is 87.3 Å². The molecule has 3 atom stereocenters. The largest absolute Gasteiger partial charge is 0.344 e. The minimum absolute atomic E-state index is 0.0135. The molecule has 0 aromatic heterocycles. The van der Waals surface area contributed by atoms with Crippen LogP contribution in [0.5, 0.6) is 0 Å². The molecule has 2 aliphatic carbocycles. The Morgan fingerprint density at radius 3 is 2.32 bits per heavy atom. The van der Waals surface area contributed by atoms with Gasteiger partial charge >= 0.3 is 5.92 Å². The van der Waals surface area contributed by atoms with E-state index < -0.39 is 53.3 Å². The first-order chi connectivity index (χ1) is 23.9. The van der Waals surface area contributed by atoms with Gasteiger partial charge < -0.3 is 20.4 Å². The van der Waals surface area contributed by atoms with Crippen molar-refractivity contribution in [2.45, 2.75) is 82.6 Å². The number of ketones is 1. The number of likely N-dealkylation sites (N-methyl/N-ethyl adjacent to an activating group) is 1. The SMILES string of the molecule is C[C@@H](c1ccc(NC(=O)[C@@H](CC(=O)C(F)(F)c2cccc(C#N)c2)C2CCCCC2)c(F)c1)[C@@H](NC(=O)CC1CC1)C(=O)N1CCN(C)CC1. The highest BCUT2D eigenvalue weighted by Gasteiger charge is 2.44. The molecule has 268 valence electrons. The molecule has 9 nitrogen and oxygen atoms in total. The summed E-state index contributed by atoms with van der Waals surface area (Å²) >= 11 is 0. The molecule has 0 radical (unpaired) electrons. The van der Waals surface area contributed by atoms with Crippen LogP contribution in [0.25, 0.3) is 0 Å². The lowest BCUT2D eigenvalue weighted by atomic mass is 9.76. The number of benzene rings is 2. The van der Waals surface area contributed by atoms with Crippen LogP contribution < -0.4 is 10.6 Å². The molecule has 12 heteroatoms. The molecular weight excluding hydrogens is 647 g/mol. The number of anilines is 1. The van der Waals surface area contributed by atoms with Crippen molar-refractivity contribution in [3.8, 4) is 6.07 Å². The van der Waals surface area contributed by atoms with Gasteiger partial charge in [0.15, 0.2) is 0 Å². The average molecular weight is 694 g/mol. The number of halogens is 3. The number of Topliss-reactive ketones (excluding diaryl/α,β-unsaturated/α-hetero) is 1. The van der Waals surface area contributed by atoms with E-state index in [0.717, 1.165) is 44.2 Å². The van der Waals surface area contributed by atoms with Gasteiger partial charge in [0.2, 0.25) is 23.5 Å². The van der Waals surface area contributed by atoms with Crippen molar-refractivity contribution < 1.29 is 32.3 Å². The fraction of sp³-hybridized carbons (Fsp3) is 0.553. The Morgan fingerprint density at radius 2 is 1.68 bits per heavy atom. The second kappa shape index (κ2) is 16.2. The van der Waals surface area contributed by atoms with Gasteiger partial charge in [-0.3, -0.25) is 19.2 Å². The molecule has 0 unspecified atom stereocenters. The molecule has 3 aliphatic rings. The first-order valence-corrected chi connectivity index (χ1v) is 17.7. The third-order valence-electron chi connectivity index (χ3n) is 10.5. The molecule has 1 heterocycles. The number of nitrogens with zero attached hydrogens (tertiary/aromatic N) is 3. The topological polar surface area (TPSA) is 123 Å². The van der Waals surface area contributed by atoms with E-state index in [1.54, 1.807) is 24.0 Å². The van der Waals surface area contributed by atoms with Crippen molar-refractivity contribution in [3.05, 3.63) is 65.0 Å². The van der Waals surface area contributed by atoms with Crippen LogP contribution >= 0.6 is 0 Å². The normalized spacial score (nSPS) is 19.2. The van der Waals surface area contributed by atoms with Crippen molar-refractivity contribution >= 4 is 29.2 Å². The molecule has 0 spiro atoms. The Labute approximate surface area is 291 Å². The molecule has 3 fully saturated rings. The monoisotopic (exact) mass is 693 g/mol. The quantitative estimate of drug-likeness (QED) is 0.276. The van der Waals surface area contributed by atoms with Gasteiger partial charge in [-0.25, -0.2) is 4.39 Å². The molecule has 50 heavy (non-hydrogen) atoms. The highest BCUT2D eigenvalue weighted by atomic mass is 19.3. The third-order valence-corrected chi connectivity index (χ3v) is 10.5. The maximum absolute atomic E-state index is 15.7. The summed E-state index contributed by atoms with van der Waals surface area (Å²) in [5.74, 6) is -9.05. The summed E-state index contributed by atoms with van der Waals surface area (Å²) in [5, 5.41) is 14.6. The van der Waals surface area contributed by atoms with E-state index >= 15 is 13.2 Å². The lowest BCUT2D eigenvalue weighted by molar-refractivity contribution is -0.147. The summed E-state index contributed by atoms with van der Waals surface area (Å²) in [7, 11) is 1.98. The lowest BCUT2D eigenvalue weighted by Crippen LogP contribution is -2.55. The van der Waals surface area contributed by atoms with Crippen LogP contribution in [0.15, 0.2) is 42.5 Å². The first kappa shape index (κ1) is 37.0. The number of hydrogen-bond donors (Lipinski definition) is 2. The van der Waals surface area contributed by atoms with E-state index in [1.807, 2.05) is 7.05 Å². The molecule has 2 aromatic carbocycles. The number of hydrogen-bond acceptors (Lipinski definition) is 6. The number of nitriles is 1. The summed E-state index contributed by atoms with van der Waals surface area (Å²) in [4.78, 5) is 57.2. The maximum atomic E-state index is 15.7. The number of carbonyl (C=O) groups is 4. The van der Waals surface area contributed by atoms with Crippen molar-refractivity contribution in [3.63, 3.8) is 0 Å². The van der Waals surface area contributed by atoms with Crippen molar-refractivity contribution in [1.82, 2.24) is 15.1 Å². The Hall–Kier alpha value is -4.24. The molecule has 1 aliphatic heterocycles. The van der Waals surface area contributed by atoms with Gasteiger partial charge in [-0.1, -0.05) is 44.4 Å². The highest BCUT2D eigenvalue weighted by Crippen LogP contribution is 2.38. The average Bonchev–Trinajstić information content (AvgIpc) is 3.94. The maximum Gasteiger partial charge on any atom is 0.330 e. The van der Waals surface area contributed by atoms with Gasteiger partial charge in [-0.15, -0.1) is 0 Å². The Bertz CT molecular complexity index is 1610. The minimum atomic E-state index is -3.92. The van der Waals surface area contributed by atoms with Gasteiger partial charge in [-0.05, 0) is 74.4 Å². The van der Waals surface area contributed by atoms with Crippen LogP contribution in [-0.4, -0.2) is 72.6 Å². The van der Waals surface area contributed by atoms with Crippen molar-refractivity contribution in [2.24, 2.45) is 17.8 Å². The molecule has 2 N–H and O–H groups in total. The number of alkyl halides is 2. The molecule has 2 aromatic rings. The summed E-state index contributed by atoms with van der Waals surface area (Å²) < 4.78 is 46.4. The van der Waals surface area contributed by atoms with E-state index in [1.165, 1.54) is 24.3 Å². The number of amides is 3. The first-order valence-electron chi connectivity index (χ1n) is 17.7. The predicted molar refractivity (Wildman–Crippen MR) is 182 cm³/mol. The summed E-state index contributed by atoms with van der Waals surface area (Å²) in [6.07, 6.45) is 5.22. The minimum Gasteiger partial charge on any atom is -0.344 e. The Morgan fingerprint density at radius 1 is 0.980 bits per heavy atom. The van der Waals surface area contributed by atoms with Crippen LogP contribution in [0, 0.1) is 34.9 Å². The Kier molecular flexibility index (Phi) is 12.0. The third kappa shape index (κ3) is 9.10. The number of rotatable bonds is 13. The fourth-order valence-corrected chi connectivity index (χ4v) is 7.06. The highest BCUT2D eigenvalue weighted by molar-refractivity contribution is 5.97. The van der Waals surface area contributed by atoms with Gasteiger partial charge in [0.1, 0.15) is 11.9 Å². The fourth-order valence-electron chi connectivity index (χ4n) is 7.06. The van der Waals surface area contributed by atoms with Gasteiger partial charge in [-0.2, -0.15) is 14.0 Å². The van der Waals surface area contributed by atoms with E-state index in [0.29, 0.717) is 56.9 Å². The molecule has 0 bridgehead atoms. The van der Waals surface area contributed by atoms with E-state index in [9.17, 15) is 19.2 Å². The zero-order valence-corrected chi connectivity index (χ0v) is 28.7. The Balaban J connectivity index is 1.32. The number of nitrogens with one attached hydrogen (secondary N) is 2. The van der Waals surface area contributed by atoms with Crippen LogP contribution in [-0.2, 0) is 25.1 Å². The molecule has 2 saturated carbocycles. The van der Waals surface area contributed by atoms with Crippen molar-refractivity contribution in [2.75, 3.05) is 38.5 Å². The van der Waals surface area contributed by atoms with E-state index in [4.69, 9.17) is 5.26 Å². The molecule has 5 rings (SSSR count). The lowest BCUT2D eigenvalue weighted by Gasteiger charge is -2.36. The summed E-state index contributed by atoms with van der Waals surface area (Å²) in [5.41, 5.74) is -0.362. The number of carbonyl (C=O) groups excluding carboxylic acids is 4. The molecule has 3 amide bonds. The number of piperazine rings is 1. The zero-order chi connectivity index (χ0) is 36.0. The van der Waals surface area contributed by atoms with Gasteiger partial charge in [0.25, 0.3) is 0 Å². The molecular formula is C38H46F3N5O4. The van der Waals surface area contributed by atoms with Crippen LogP contribution in [0.4, 0.5) is 18.9 Å². The van der Waals surface area contributed by atoms with Crippen molar-refractivity contribution in [1.29, 1.82) is 5.26 Å². The second-order valence-electron chi connectivity index (χ2n) is 14.2. The van der Waals surface area contributed by atoms with Crippen LogP contribution in [0.2, 0.25) is 0 Å². The standard InChI is InChI=1S/C38H46F3N5O4/c1-24(35(44-34(48)20-25-11-12-25)37(50)46-17-15-45(2)16-18-46)28-13-14-32(31(39)21-28)43-36(49)30(27-8-4-3-5-9-27)22-33(47)38(40,41)29-10-6-7-26(19-29)23-42/h6-7,10,13-14,19,21,24-25,27,30,35H,3-5,8-9,11-12,15-18,20,22H2,1-2H3,(H,43,49)(H,44,48)/t24-,30-,35+/m0/s1.